The van der Waals surface area contributed by atoms with E-state index < -0.39 is 40.4 Å². The van der Waals surface area contributed by atoms with Gasteiger partial charge in [0.1, 0.15) is 11.9 Å². The van der Waals surface area contributed by atoms with Gasteiger partial charge in [0.05, 0.1) is 6.54 Å². The molecule has 1 aliphatic heterocycles. The summed E-state index contributed by atoms with van der Waals surface area (Å²) in [4.78, 5) is 28.7. The molecule has 4 rings (SSSR count). The molecule has 38 heavy (non-hydrogen) atoms. The molecule has 1 unspecified atom stereocenters. The first-order chi connectivity index (χ1) is 18.1. The quantitative estimate of drug-likeness (QED) is 0.423. The smallest absolute Gasteiger partial charge is 0.280 e. The summed E-state index contributed by atoms with van der Waals surface area (Å²) < 4.78 is 43.6. The maximum Gasteiger partial charge on any atom is 0.280 e. The second kappa shape index (κ2) is 12.1. The van der Waals surface area contributed by atoms with Crippen LogP contribution < -0.4 is 14.9 Å². The van der Waals surface area contributed by atoms with Gasteiger partial charge in [0.2, 0.25) is 11.8 Å². The number of rotatable bonds is 10. The average molecular weight is 565 g/mol. The number of halogens is 2. The van der Waals surface area contributed by atoms with E-state index in [1.165, 1.54) is 22.5 Å². The fourth-order valence-corrected chi connectivity index (χ4v) is 6.62. The van der Waals surface area contributed by atoms with Crippen molar-refractivity contribution in [3.63, 3.8) is 0 Å². The lowest BCUT2D eigenvalue weighted by molar-refractivity contribution is -0.127. The van der Waals surface area contributed by atoms with E-state index in [2.05, 4.69) is 10.0 Å². The van der Waals surface area contributed by atoms with Crippen molar-refractivity contribution < 1.29 is 22.4 Å². The van der Waals surface area contributed by atoms with Gasteiger partial charge in [-0.2, -0.15) is 17.4 Å². The second-order valence-corrected chi connectivity index (χ2v) is 12.3. The number of hydrogen-bond donors (Lipinski definition) is 2. The van der Waals surface area contributed by atoms with Crippen LogP contribution in [0.5, 0.6) is 0 Å². The van der Waals surface area contributed by atoms with Crippen molar-refractivity contribution in [3.05, 3.63) is 64.9 Å². The fourth-order valence-electron chi connectivity index (χ4n) is 4.96. The van der Waals surface area contributed by atoms with Crippen LogP contribution in [0.15, 0.2) is 48.5 Å². The largest absolute Gasteiger partial charge is 0.351 e. The Morgan fingerprint density at radius 1 is 1.11 bits per heavy atom. The number of carbonyl (C=O) groups is 2. The molecule has 1 saturated heterocycles. The van der Waals surface area contributed by atoms with Crippen LogP contribution in [0.25, 0.3) is 0 Å². The number of benzene rings is 2. The maximum atomic E-state index is 14.3. The molecule has 1 saturated carbocycles. The molecular formula is C27H34ClFN4O4S. The standard InChI is InChI=1S/C27H34ClFN4O4S/c1-18(2)24-17-32(24)38(36,37)30-16-25(34)33(21-12-8-9-19(29)15-21)26(22-13-6-7-14-23(22)28)27(35)31-20-10-4-3-5-11-20/h6-9,12-15,18,20,24,26,30H,3-5,10-11,16-17H2,1-2H3,(H,31,35)/t24-,26-,32?/m0/s1. The summed E-state index contributed by atoms with van der Waals surface area (Å²) in [6.45, 7) is 3.62. The number of amides is 2. The minimum absolute atomic E-state index is 0.0557. The van der Waals surface area contributed by atoms with E-state index in [9.17, 15) is 22.4 Å². The van der Waals surface area contributed by atoms with Gasteiger partial charge in [0, 0.05) is 34.9 Å². The molecule has 3 atom stereocenters. The lowest BCUT2D eigenvalue weighted by Crippen LogP contribution is -2.50. The minimum atomic E-state index is -3.91. The zero-order chi connectivity index (χ0) is 27.4. The van der Waals surface area contributed by atoms with Crippen LogP contribution in [0.4, 0.5) is 10.1 Å². The summed E-state index contributed by atoms with van der Waals surface area (Å²) in [5.74, 6) is -1.64. The van der Waals surface area contributed by atoms with Crippen LogP contribution >= 0.6 is 11.6 Å². The zero-order valence-corrected chi connectivity index (χ0v) is 23.1. The van der Waals surface area contributed by atoms with Crippen molar-refractivity contribution >= 4 is 39.3 Å². The first-order valence-electron chi connectivity index (χ1n) is 13.0. The van der Waals surface area contributed by atoms with Crippen molar-refractivity contribution in [2.45, 2.75) is 64.1 Å². The molecule has 2 aliphatic rings. The first-order valence-corrected chi connectivity index (χ1v) is 14.8. The van der Waals surface area contributed by atoms with Gasteiger partial charge < -0.3 is 5.32 Å². The molecule has 0 radical (unpaired) electrons. The van der Waals surface area contributed by atoms with E-state index in [-0.39, 0.29) is 28.7 Å². The Hall–Kier alpha value is -2.53. The summed E-state index contributed by atoms with van der Waals surface area (Å²) in [6, 6.07) is 10.5. The lowest BCUT2D eigenvalue weighted by Gasteiger charge is -2.34. The van der Waals surface area contributed by atoms with Gasteiger partial charge in [-0.3, -0.25) is 14.5 Å². The van der Waals surface area contributed by atoms with E-state index in [4.69, 9.17) is 11.6 Å². The van der Waals surface area contributed by atoms with Crippen molar-refractivity contribution in [2.75, 3.05) is 18.0 Å². The van der Waals surface area contributed by atoms with E-state index >= 15 is 0 Å². The highest BCUT2D eigenvalue weighted by atomic mass is 35.5. The second-order valence-electron chi connectivity index (χ2n) is 10.2. The van der Waals surface area contributed by atoms with Gasteiger partial charge in [-0.25, -0.2) is 4.39 Å². The van der Waals surface area contributed by atoms with E-state index in [1.54, 1.807) is 24.3 Å². The van der Waals surface area contributed by atoms with E-state index in [1.807, 2.05) is 13.8 Å². The molecule has 2 aromatic rings. The van der Waals surface area contributed by atoms with Gasteiger partial charge in [-0.05, 0) is 43.0 Å². The Balaban J connectivity index is 1.67. The molecule has 8 nitrogen and oxygen atoms in total. The van der Waals surface area contributed by atoms with Crippen LogP contribution in [0.2, 0.25) is 5.02 Å². The van der Waals surface area contributed by atoms with Crippen LogP contribution in [-0.2, 0) is 19.8 Å². The highest BCUT2D eigenvalue weighted by Crippen LogP contribution is 2.33. The average Bonchev–Trinajstić information content (AvgIpc) is 3.70. The Labute approximate surface area is 228 Å². The molecule has 2 fully saturated rings. The number of carbonyl (C=O) groups excluding carboxylic acids is 2. The van der Waals surface area contributed by atoms with Crippen LogP contribution in [0, 0.1) is 11.7 Å². The van der Waals surface area contributed by atoms with Crippen molar-refractivity contribution in [2.24, 2.45) is 5.92 Å². The normalized spacial score (nSPS) is 20.7. The first kappa shape index (κ1) is 28.5. The summed E-state index contributed by atoms with van der Waals surface area (Å²) in [5, 5.41) is 3.31. The molecule has 1 aliphatic carbocycles. The van der Waals surface area contributed by atoms with Crippen molar-refractivity contribution in [3.8, 4) is 0 Å². The summed E-state index contributed by atoms with van der Waals surface area (Å²) in [7, 11) is -3.91. The fraction of sp³-hybridized carbons (Fsp3) is 0.481. The number of nitrogens with zero attached hydrogens (tertiary/aromatic N) is 2. The molecule has 0 spiro atoms. The molecule has 2 aromatic carbocycles. The predicted molar refractivity (Wildman–Crippen MR) is 145 cm³/mol. The van der Waals surface area contributed by atoms with Crippen LogP contribution in [-0.4, -0.2) is 49.7 Å². The molecular weight excluding hydrogens is 531 g/mol. The van der Waals surface area contributed by atoms with Gasteiger partial charge >= 0.3 is 0 Å². The maximum absolute atomic E-state index is 14.3. The van der Waals surface area contributed by atoms with Gasteiger partial charge in [-0.15, -0.1) is 0 Å². The van der Waals surface area contributed by atoms with Crippen molar-refractivity contribution in [1.82, 2.24) is 14.3 Å². The predicted octanol–water partition coefficient (Wildman–Crippen LogP) is 4.18. The van der Waals surface area contributed by atoms with Crippen molar-refractivity contribution in [1.29, 1.82) is 0 Å². The third-order valence-electron chi connectivity index (χ3n) is 7.10. The van der Waals surface area contributed by atoms with E-state index in [0.29, 0.717) is 12.1 Å². The summed E-state index contributed by atoms with van der Waals surface area (Å²) in [5.41, 5.74) is 0.471. The zero-order valence-electron chi connectivity index (χ0n) is 21.6. The summed E-state index contributed by atoms with van der Waals surface area (Å²) in [6.07, 6.45) is 4.72. The van der Waals surface area contributed by atoms with Crippen LogP contribution in [0.1, 0.15) is 57.6 Å². The minimum Gasteiger partial charge on any atom is -0.351 e. The highest BCUT2D eigenvalue weighted by Gasteiger charge is 2.46. The number of anilines is 1. The van der Waals surface area contributed by atoms with Gasteiger partial charge in [-0.1, -0.05) is 69.0 Å². The lowest BCUT2D eigenvalue weighted by atomic mass is 9.94. The van der Waals surface area contributed by atoms with Crippen LogP contribution in [0.3, 0.4) is 0 Å². The Morgan fingerprint density at radius 3 is 2.45 bits per heavy atom. The molecule has 0 aromatic heterocycles. The molecule has 2 amide bonds. The Kier molecular flexibility index (Phi) is 9.07. The monoisotopic (exact) mass is 564 g/mol. The third kappa shape index (κ3) is 6.72. The summed E-state index contributed by atoms with van der Waals surface area (Å²) >= 11 is 6.51. The molecule has 206 valence electrons. The van der Waals surface area contributed by atoms with Gasteiger partial charge in [0.15, 0.2) is 0 Å². The highest BCUT2D eigenvalue weighted by molar-refractivity contribution is 7.87. The SMILES string of the molecule is CC(C)[C@@H]1CN1S(=O)(=O)NCC(=O)N(c1cccc(F)c1)[C@H](C(=O)NC1CCCCC1)c1ccccc1Cl. The van der Waals surface area contributed by atoms with E-state index in [0.717, 1.165) is 43.1 Å². The molecule has 0 bridgehead atoms. The molecule has 11 heteroatoms. The Morgan fingerprint density at radius 2 is 1.82 bits per heavy atom. The number of hydrogen-bond acceptors (Lipinski definition) is 4. The Bertz CT molecular complexity index is 1270. The topological polar surface area (TPSA) is 98.6 Å². The molecule has 1 heterocycles. The number of nitrogens with one attached hydrogen (secondary N) is 2. The van der Waals surface area contributed by atoms with Gasteiger partial charge in [0.25, 0.3) is 10.2 Å². The molecule has 2 N–H and O–H groups in total. The third-order valence-corrected chi connectivity index (χ3v) is 8.99.